The molecule has 6 rings (SSSR count). The Kier molecular flexibility index (Phi) is 6.69. The fourth-order valence-corrected chi connectivity index (χ4v) is 4.77. The second kappa shape index (κ2) is 9.92. The van der Waals surface area contributed by atoms with Crippen molar-refractivity contribution in [3.05, 3.63) is 30.2 Å². The van der Waals surface area contributed by atoms with Crippen molar-refractivity contribution in [3.8, 4) is 11.3 Å². The number of anilines is 2. The molecule has 4 aromatic rings. The van der Waals surface area contributed by atoms with E-state index < -0.39 is 19.1 Å². The molecule has 0 unspecified atom stereocenters. The molecule has 1 saturated carbocycles. The Morgan fingerprint density at radius 2 is 1.94 bits per heavy atom. The summed E-state index contributed by atoms with van der Waals surface area (Å²) in [5.41, 5.74) is 8.78. The van der Waals surface area contributed by atoms with Gasteiger partial charge < -0.3 is 15.6 Å². The Morgan fingerprint density at radius 1 is 1.14 bits per heavy atom. The normalized spacial score (nSPS) is 18.6. The van der Waals surface area contributed by atoms with Gasteiger partial charge in [-0.2, -0.15) is 4.98 Å². The molecule has 2 fully saturated rings. The van der Waals surface area contributed by atoms with Gasteiger partial charge in [0.1, 0.15) is 23.0 Å². The number of piperidine rings is 1. The molecule has 0 spiro atoms. The van der Waals surface area contributed by atoms with Crippen LogP contribution >= 0.6 is 0 Å². The fraction of sp³-hybridized carbons (Fsp3) is 0.500. The molecule has 0 amide bonds. The van der Waals surface area contributed by atoms with Crippen molar-refractivity contribution in [1.82, 2.24) is 34.0 Å². The average molecular weight is 502 g/mol. The van der Waals surface area contributed by atoms with Gasteiger partial charge in [-0.3, -0.25) is 4.90 Å². The highest BCUT2D eigenvalue weighted by Crippen LogP contribution is 2.31. The van der Waals surface area contributed by atoms with Crippen molar-refractivity contribution < 1.29 is 13.2 Å². The van der Waals surface area contributed by atoms with Gasteiger partial charge in [0.2, 0.25) is 5.95 Å². The lowest BCUT2D eigenvalue weighted by Crippen LogP contribution is -2.37. The van der Waals surface area contributed by atoms with Crippen LogP contribution in [0.2, 0.25) is 0 Å². The van der Waals surface area contributed by atoms with Crippen molar-refractivity contribution in [2.24, 2.45) is 0 Å². The molecule has 0 radical (unpaired) electrons. The zero-order valence-electron chi connectivity index (χ0n) is 20.3. The van der Waals surface area contributed by atoms with Gasteiger partial charge in [0.25, 0.3) is 6.43 Å². The Morgan fingerprint density at radius 3 is 2.64 bits per heavy atom. The Balaban J connectivity index is 0.000000222. The van der Waals surface area contributed by atoms with E-state index >= 15 is 0 Å². The smallest absolute Gasteiger partial charge is 0.256 e. The molecule has 192 valence electrons. The molecule has 0 bridgehead atoms. The quantitative estimate of drug-likeness (QED) is 0.427. The Hall–Kier alpha value is -3.41. The van der Waals surface area contributed by atoms with Gasteiger partial charge in [-0.05, 0) is 57.4 Å². The highest BCUT2D eigenvalue weighted by atomic mass is 19.3. The van der Waals surface area contributed by atoms with Crippen molar-refractivity contribution in [3.63, 3.8) is 0 Å². The SMILES string of the molecule is CNc1nc(N)nn2ccc(-c3ccc4nc(C)n(CC(F)F)c4n3)c12.F[C@@H]1CCCN(C2CC2)C1. The molecular formula is C24H30F3N9. The van der Waals surface area contributed by atoms with E-state index in [-0.39, 0.29) is 5.95 Å². The van der Waals surface area contributed by atoms with Crippen molar-refractivity contribution in [2.45, 2.75) is 57.8 Å². The number of aryl methyl sites for hydroxylation is 1. The van der Waals surface area contributed by atoms with E-state index in [1.807, 2.05) is 6.07 Å². The summed E-state index contributed by atoms with van der Waals surface area (Å²) in [6, 6.07) is 6.16. The topological polar surface area (TPSA) is 102 Å². The molecule has 1 aliphatic carbocycles. The maximum atomic E-state index is 12.9. The molecule has 1 atom stereocenters. The maximum absolute atomic E-state index is 12.9. The molecule has 1 saturated heterocycles. The van der Waals surface area contributed by atoms with Crippen LogP contribution in [0.5, 0.6) is 0 Å². The van der Waals surface area contributed by atoms with Gasteiger partial charge >= 0.3 is 0 Å². The number of likely N-dealkylation sites (tertiary alicyclic amines) is 1. The molecule has 0 aromatic carbocycles. The minimum Gasteiger partial charge on any atom is -0.371 e. The summed E-state index contributed by atoms with van der Waals surface area (Å²) >= 11 is 0. The summed E-state index contributed by atoms with van der Waals surface area (Å²) in [6.07, 6.45) is 3.21. The summed E-state index contributed by atoms with van der Waals surface area (Å²) in [7, 11) is 1.73. The van der Waals surface area contributed by atoms with Crippen LogP contribution in [-0.2, 0) is 6.54 Å². The third-order valence-electron chi connectivity index (χ3n) is 6.60. The number of nitrogens with two attached hydrogens (primary N) is 1. The van der Waals surface area contributed by atoms with E-state index in [0.717, 1.165) is 31.0 Å². The first-order chi connectivity index (χ1) is 17.3. The lowest BCUT2D eigenvalue weighted by atomic mass is 10.1. The van der Waals surface area contributed by atoms with E-state index in [4.69, 9.17) is 5.73 Å². The number of alkyl halides is 3. The van der Waals surface area contributed by atoms with Gasteiger partial charge in [0, 0.05) is 31.4 Å². The van der Waals surface area contributed by atoms with Gasteiger partial charge in [0.15, 0.2) is 11.5 Å². The summed E-state index contributed by atoms with van der Waals surface area (Å²) in [5.74, 6) is 1.19. The lowest BCUT2D eigenvalue weighted by Gasteiger charge is -2.28. The minimum atomic E-state index is -2.49. The van der Waals surface area contributed by atoms with Crippen LogP contribution in [-0.4, -0.2) is 72.8 Å². The zero-order chi connectivity index (χ0) is 25.4. The summed E-state index contributed by atoms with van der Waals surface area (Å²) in [5, 5.41) is 7.14. The Labute approximate surface area is 206 Å². The molecular weight excluding hydrogens is 471 g/mol. The fourth-order valence-electron chi connectivity index (χ4n) is 4.77. The number of nitrogens with zero attached hydrogens (tertiary/aromatic N) is 7. The largest absolute Gasteiger partial charge is 0.371 e. The maximum Gasteiger partial charge on any atom is 0.256 e. The van der Waals surface area contributed by atoms with Crippen LogP contribution in [0.4, 0.5) is 24.9 Å². The number of nitrogen functional groups attached to an aromatic ring is 1. The second-order valence-corrected chi connectivity index (χ2v) is 9.26. The predicted molar refractivity (Wildman–Crippen MR) is 133 cm³/mol. The number of imidazole rings is 1. The highest BCUT2D eigenvalue weighted by molar-refractivity contribution is 5.89. The number of rotatable bonds is 5. The third kappa shape index (κ3) is 4.95. The van der Waals surface area contributed by atoms with E-state index in [2.05, 4.69) is 30.3 Å². The van der Waals surface area contributed by atoms with E-state index in [1.54, 1.807) is 36.8 Å². The molecule has 1 aliphatic heterocycles. The van der Waals surface area contributed by atoms with Crippen molar-refractivity contribution in [1.29, 1.82) is 0 Å². The van der Waals surface area contributed by atoms with Crippen LogP contribution in [0.25, 0.3) is 27.9 Å². The average Bonchev–Trinajstić information content (AvgIpc) is 3.55. The number of halogens is 3. The van der Waals surface area contributed by atoms with Crippen LogP contribution < -0.4 is 11.1 Å². The molecule has 2 aliphatic rings. The van der Waals surface area contributed by atoms with Crippen molar-refractivity contribution in [2.75, 3.05) is 31.2 Å². The summed E-state index contributed by atoms with van der Waals surface area (Å²) in [4.78, 5) is 15.4. The highest BCUT2D eigenvalue weighted by Gasteiger charge is 2.32. The molecule has 4 aromatic heterocycles. The lowest BCUT2D eigenvalue weighted by molar-refractivity contribution is 0.127. The van der Waals surface area contributed by atoms with E-state index in [1.165, 1.54) is 17.4 Å². The van der Waals surface area contributed by atoms with Crippen molar-refractivity contribution >= 4 is 28.4 Å². The number of aromatic nitrogens is 6. The third-order valence-corrected chi connectivity index (χ3v) is 6.60. The molecule has 3 N–H and O–H groups in total. The second-order valence-electron chi connectivity index (χ2n) is 9.26. The van der Waals surface area contributed by atoms with Gasteiger partial charge in [-0.15, -0.1) is 5.10 Å². The first kappa shape index (κ1) is 24.3. The Bertz CT molecular complexity index is 1360. The van der Waals surface area contributed by atoms with Crippen LogP contribution in [0.3, 0.4) is 0 Å². The number of nitrogens with one attached hydrogen (secondary N) is 1. The number of pyridine rings is 1. The standard InChI is InChI=1S/C16H16F2N8.C8H14FN/c1-8-21-11-4-3-10(22-15(11)25(8)7-12(17)18)9-5-6-26-13(9)14(20-2)23-16(19)24-26;9-7-2-1-5-10(6-7)8-3-4-8/h3-6,12H,7H2,1-2H3,(H3,19,20,23,24);7-8H,1-6H2/t;7-/m.1/s1. The number of hydrogen-bond acceptors (Lipinski definition) is 7. The molecule has 12 heteroatoms. The molecule has 36 heavy (non-hydrogen) atoms. The zero-order valence-corrected chi connectivity index (χ0v) is 20.3. The van der Waals surface area contributed by atoms with Gasteiger partial charge in [-0.25, -0.2) is 27.7 Å². The predicted octanol–water partition coefficient (Wildman–Crippen LogP) is 3.92. The van der Waals surface area contributed by atoms with Crippen LogP contribution in [0.15, 0.2) is 24.4 Å². The number of fused-ring (bicyclic) bond motifs is 2. The van der Waals surface area contributed by atoms with Gasteiger partial charge in [0.05, 0.1) is 12.2 Å². The first-order valence-electron chi connectivity index (χ1n) is 12.2. The molecule has 9 nitrogen and oxygen atoms in total. The minimum absolute atomic E-state index is 0.137. The molecule has 5 heterocycles. The first-order valence-corrected chi connectivity index (χ1v) is 12.2. The van der Waals surface area contributed by atoms with E-state index in [0.29, 0.717) is 40.6 Å². The van der Waals surface area contributed by atoms with Crippen LogP contribution in [0, 0.1) is 6.92 Å². The monoisotopic (exact) mass is 501 g/mol. The summed E-state index contributed by atoms with van der Waals surface area (Å²) in [6.45, 7) is 3.10. The van der Waals surface area contributed by atoms with Crippen LogP contribution in [0.1, 0.15) is 31.5 Å². The van der Waals surface area contributed by atoms with E-state index in [9.17, 15) is 13.2 Å². The number of hydrogen-bond donors (Lipinski definition) is 2. The summed E-state index contributed by atoms with van der Waals surface area (Å²) < 4.78 is 41.6. The van der Waals surface area contributed by atoms with Gasteiger partial charge in [-0.1, -0.05) is 0 Å².